The van der Waals surface area contributed by atoms with E-state index in [4.69, 9.17) is 12.2 Å². The Labute approximate surface area is 158 Å². The van der Waals surface area contributed by atoms with Crippen LogP contribution in [0.15, 0.2) is 60.7 Å². The van der Waals surface area contributed by atoms with E-state index in [2.05, 4.69) is 23.1 Å². The minimum absolute atomic E-state index is 0.148. The minimum atomic E-state index is -0.148. The molecule has 0 aliphatic carbocycles. The molecule has 0 saturated heterocycles. The lowest BCUT2D eigenvalue weighted by molar-refractivity contribution is -0.120. The van der Waals surface area contributed by atoms with E-state index in [1.54, 1.807) is 0 Å². The summed E-state index contributed by atoms with van der Waals surface area (Å²) in [5.74, 6) is -0.148. The predicted octanol–water partition coefficient (Wildman–Crippen LogP) is 4.02. The summed E-state index contributed by atoms with van der Waals surface area (Å²) in [6.45, 7) is 4.10. The van der Waals surface area contributed by atoms with Gasteiger partial charge in [-0.2, -0.15) is 0 Å². The first-order valence-corrected chi connectivity index (χ1v) is 8.83. The maximum atomic E-state index is 12.3. The molecule has 4 nitrogen and oxygen atoms in total. The molecule has 0 saturated carbocycles. The number of hydrogen-bond acceptors (Lipinski definition) is 2. The molecule has 5 heteroatoms. The Morgan fingerprint density at radius 3 is 2.50 bits per heavy atom. The molecule has 0 atom stereocenters. The summed E-state index contributed by atoms with van der Waals surface area (Å²) >= 11 is 5.24. The van der Waals surface area contributed by atoms with Crippen molar-refractivity contribution in [1.82, 2.24) is 10.9 Å². The molecular formula is C21H21N3OS. The van der Waals surface area contributed by atoms with Gasteiger partial charge in [-0.3, -0.25) is 15.6 Å². The number of rotatable bonds is 3. The van der Waals surface area contributed by atoms with E-state index in [-0.39, 0.29) is 12.3 Å². The second kappa shape index (κ2) is 7.97. The van der Waals surface area contributed by atoms with E-state index < -0.39 is 0 Å². The van der Waals surface area contributed by atoms with E-state index in [1.165, 1.54) is 11.1 Å². The Balaban J connectivity index is 1.56. The summed E-state index contributed by atoms with van der Waals surface area (Å²) < 4.78 is 0. The van der Waals surface area contributed by atoms with Gasteiger partial charge < -0.3 is 5.32 Å². The van der Waals surface area contributed by atoms with Crippen molar-refractivity contribution in [2.45, 2.75) is 20.3 Å². The average molecular weight is 363 g/mol. The van der Waals surface area contributed by atoms with Gasteiger partial charge in [0.25, 0.3) is 0 Å². The first-order chi connectivity index (χ1) is 12.5. The van der Waals surface area contributed by atoms with Crippen LogP contribution in [0.4, 0.5) is 5.69 Å². The standard InChI is InChI=1S/C21H21N3OS/c1-14-10-11-18(12-15(14)2)22-21(26)24-23-20(25)13-17-8-5-7-16-6-3-4-9-19(16)17/h3-12H,13H2,1-2H3,(H,23,25)(H2,22,24,26). The van der Waals surface area contributed by atoms with Gasteiger partial charge in [-0.05, 0) is 65.7 Å². The summed E-state index contributed by atoms with van der Waals surface area (Å²) in [6, 6.07) is 20.0. The molecule has 0 fully saturated rings. The summed E-state index contributed by atoms with van der Waals surface area (Å²) in [5.41, 5.74) is 9.67. The zero-order valence-electron chi connectivity index (χ0n) is 14.8. The number of benzene rings is 3. The quantitative estimate of drug-likeness (QED) is 0.486. The number of hydrazine groups is 1. The highest BCUT2D eigenvalue weighted by Gasteiger charge is 2.07. The van der Waals surface area contributed by atoms with E-state index in [9.17, 15) is 4.79 Å². The van der Waals surface area contributed by atoms with Crippen LogP contribution in [0.3, 0.4) is 0 Å². The molecule has 0 aliphatic heterocycles. The number of anilines is 1. The smallest absolute Gasteiger partial charge is 0.242 e. The van der Waals surface area contributed by atoms with Crippen LogP contribution in [0, 0.1) is 13.8 Å². The molecular weight excluding hydrogens is 342 g/mol. The van der Waals surface area contributed by atoms with Crippen molar-refractivity contribution in [3.8, 4) is 0 Å². The zero-order chi connectivity index (χ0) is 18.5. The Kier molecular flexibility index (Phi) is 5.49. The molecule has 0 aromatic heterocycles. The van der Waals surface area contributed by atoms with Crippen molar-refractivity contribution in [2.75, 3.05) is 5.32 Å². The normalized spacial score (nSPS) is 10.4. The van der Waals surface area contributed by atoms with Gasteiger partial charge in [0.1, 0.15) is 0 Å². The molecule has 132 valence electrons. The molecule has 3 aromatic rings. The van der Waals surface area contributed by atoms with Crippen LogP contribution >= 0.6 is 12.2 Å². The SMILES string of the molecule is Cc1ccc(NC(=S)NNC(=O)Cc2cccc3ccccc23)cc1C. The van der Waals surface area contributed by atoms with Crippen LogP contribution in [0.25, 0.3) is 10.8 Å². The first kappa shape index (κ1) is 17.9. The number of carbonyl (C=O) groups is 1. The first-order valence-electron chi connectivity index (χ1n) is 8.42. The summed E-state index contributed by atoms with van der Waals surface area (Å²) in [4.78, 5) is 12.3. The highest BCUT2D eigenvalue weighted by atomic mass is 32.1. The molecule has 26 heavy (non-hydrogen) atoms. The Bertz CT molecular complexity index is 963. The lowest BCUT2D eigenvalue weighted by Crippen LogP contribution is -2.44. The Morgan fingerprint density at radius 2 is 1.69 bits per heavy atom. The van der Waals surface area contributed by atoms with Crippen molar-refractivity contribution < 1.29 is 4.79 Å². The summed E-state index contributed by atoms with van der Waals surface area (Å²) in [6.07, 6.45) is 0.278. The molecule has 0 spiro atoms. The number of thiocarbonyl (C=S) groups is 1. The number of hydrogen-bond donors (Lipinski definition) is 3. The molecule has 0 unspecified atom stereocenters. The van der Waals surface area contributed by atoms with E-state index in [0.29, 0.717) is 5.11 Å². The van der Waals surface area contributed by atoms with Gasteiger partial charge in [-0.1, -0.05) is 48.5 Å². The minimum Gasteiger partial charge on any atom is -0.331 e. The number of fused-ring (bicyclic) bond motifs is 1. The van der Waals surface area contributed by atoms with Crippen LogP contribution in [0.1, 0.15) is 16.7 Å². The van der Waals surface area contributed by atoms with Gasteiger partial charge in [-0.25, -0.2) is 0 Å². The van der Waals surface area contributed by atoms with Crippen LogP contribution < -0.4 is 16.2 Å². The predicted molar refractivity (Wildman–Crippen MR) is 111 cm³/mol. The second-order valence-corrected chi connectivity index (χ2v) is 6.65. The molecule has 0 aliphatic rings. The van der Waals surface area contributed by atoms with Gasteiger partial charge in [-0.15, -0.1) is 0 Å². The lowest BCUT2D eigenvalue weighted by Gasteiger charge is -2.13. The van der Waals surface area contributed by atoms with Gasteiger partial charge >= 0.3 is 0 Å². The molecule has 3 N–H and O–H groups in total. The van der Waals surface area contributed by atoms with Gasteiger partial charge in [0, 0.05) is 5.69 Å². The lowest BCUT2D eigenvalue weighted by atomic mass is 10.0. The molecule has 3 aromatic carbocycles. The van der Waals surface area contributed by atoms with Crippen LogP contribution in [0.5, 0.6) is 0 Å². The van der Waals surface area contributed by atoms with Crippen molar-refractivity contribution in [1.29, 1.82) is 0 Å². The van der Waals surface area contributed by atoms with Gasteiger partial charge in [0.05, 0.1) is 6.42 Å². The maximum Gasteiger partial charge on any atom is 0.242 e. The maximum absolute atomic E-state index is 12.3. The molecule has 0 heterocycles. The van der Waals surface area contributed by atoms with E-state index in [1.807, 2.05) is 67.6 Å². The van der Waals surface area contributed by atoms with Crippen molar-refractivity contribution in [3.05, 3.63) is 77.4 Å². The summed E-state index contributed by atoms with van der Waals surface area (Å²) in [5, 5.41) is 5.62. The number of aryl methyl sites for hydroxylation is 2. The Hall–Kier alpha value is -2.92. The molecule has 0 bridgehead atoms. The number of carbonyl (C=O) groups excluding carboxylic acids is 1. The second-order valence-electron chi connectivity index (χ2n) is 6.24. The third kappa shape index (κ3) is 4.37. The van der Waals surface area contributed by atoms with E-state index in [0.717, 1.165) is 22.0 Å². The number of amides is 1. The fraction of sp³-hybridized carbons (Fsp3) is 0.143. The molecule has 0 radical (unpaired) electrons. The van der Waals surface area contributed by atoms with Gasteiger partial charge in [0.15, 0.2) is 5.11 Å². The van der Waals surface area contributed by atoms with Crippen molar-refractivity contribution in [2.24, 2.45) is 0 Å². The highest BCUT2D eigenvalue weighted by molar-refractivity contribution is 7.80. The zero-order valence-corrected chi connectivity index (χ0v) is 15.6. The fourth-order valence-corrected chi connectivity index (χ4v) is 2.94. The van der Waals surface area contributed by atoms with Crippen LogP contribution in [-0.2, 0) is 11.2 Å². The summed E-state index contributed by atoms with van der Waals surface area (Å²) in [7, 11) is 0. The topological polar surface area (TPSA) is 53.2 Å². The highest BCUT2D eigenvalue weighted by Crippen LogP contribution is 2.18. The average Bonchev–Trinajstić information content (AvgIpc) is 2.63. The van der Waals surface area contributed by atoms with Crippen LogP contribution in [0.2, 0.25) is 0 Å². The third-order valence-electron chi connectivity index (χ3n) is 4.31. The van der Waals surface area contributed by atoms with Gasteiger partial charge in [0.2, 0.25) is 5.91 Å². The van der Waals surface area contributed by atoms with Crippen molar-refractivity contribution in [3.63, 3.8) is 0 Å². The Morgan fingerprint density at radius 1 is 0.923 bits per heavy atom. The van der Waals surface area contributed by atoms with E-state index >= 15 is 0 Å². The number of nitrogens with one attached hydrogen (secondary N) is 3. The van der Waals surface area contributed by atoms with Crippen molar-refractivity contribution >= 4 is 39.7 Å². The third-order valence-corrected chi connectivity index (χ3v) is 4.52. The molecule has 3 rings (SSSR count). The molecule has 1 amide bonds. The fourth-order valence-electron chi connectivity index (χ4n) is 2.77. The van der Waals surface area contributed by atoms with Crippen LogP contribution in [-0.4, -0.2) is 11.0 Å². The largest absolute Gasteiger partial charge is 0.331 e. The monoisotopic (exact) mass is 363 g/mol.